The van der Waals surface area contributed by atoms with Crippen molar-refractivity contribution in [1.29, 1.82) is 0 Å². The van der Waals surface area contributed by atoms with E-state index in [9.17, 15) is 26.7 Å². The number of alkyl halides is 3. The molecule has 0 radical (unpaired) electrons. The van der Waals surface area contributed by atoms with Gasteiger partial charge in [0, 0.05) is 12.1 Å². The van der Waals surface area contributed by atoms with Gasteiger partial charge in [-0.15, -0.1) is 0 Å². The van der Waals surface area contributed by atoms with Crippen LogP contribution in [0.25, 0.3) is 0 Å². The van der Waals surface area contributed by atoms with E-state index in [4.69, 9.17) is 5.73 Å². The maximum Gasteiger partial charge on any atom is 0.411 e. The number of ether oxygens (including phenoxy) is 1. The van der Waals surface area contributed by atoms with Crippen LogP contribution in [0.1, 0.15) is 10.4 Å². The van der Waals surface area contributed by atoms with Crippen molar-refractivity contribution in [3.05, 3.63) is 29.3 Å². The molecule has 0 saturated carbocycles. The Kier molecular flexibility index (Phi) is 5.26. The lowest BCUT2D eigenvalue weighted by Crippen LogP contribution is -2.29. The highest BCUT2D eigenvalue weighted by molar-refractivity contribution is 5.94. The van der Waals surface area contributed by atoms with Gasteiger partial charge in [0.2, 0.25) is 0 Å². The zero-order valence-electron chi connectivity index (χ0n) is 10.1. The number of hydrogen-bond acceptors (Lipinski definition) is 3. The molecule has 1 aromatic rings. The van der Waals surface area contributed by atoms with Crippen molar-refractivity contribution >= 4 is 11.6 Å². The predicted molar refractivity (Wildman–Crippen MR) is 60.0 cm³/mol. The maximum atomic E-state index is 13.1. The number of halogens is 5. The van der Waals surface area contributed by atoms with E-state index in [1.807, 2.05) is 0 Å². The summed E-state index contributed by atoms with van der Waals surface area (Å²) in [5, 5.41) is 2.15. The summed E-state index contributed by atoms with van der Waals surface area (Å²) in [4.78, 5) is 11.5. The summed E-state index contributed by atoms with van der Waals surface area (Å²) in [6, 6.07) is 1.45. The number of hydrogen-bond donors (Lipinski definition) is 2. The van der Waals surface area contributed by atoms with E-state index in [-0.39, 0.29) is 18.7 Å². The van der Waals surface area contributed by atoms with Crippen molar-refractivity contribution in [2.24, 2.45) is 0 Å². The summed E-state index contributed by atoms with van der Waals surface area (Å²) in [6.07, 6.45) is -4.45. The fraction of sp³-hybridized carbons (Fsp3) is 0.364. The minimum absolute atomic E-state index is 0.234. The van der Waals surface area contributed by atoms with Gasteiger partial charge in [-0.2, -0.15) is 13.2 Å². The number of nitrogen functional groups attached to an aromatic ring is 1. The molecule has 0 saturated heterocycles. The van der Waals surface area contributed by atoms with E-state index >= 15 is 0 Å². The van der Waals surface area contributed by atoms with Crippen LogP contribution in [0.5, 0.6) is 0 Å². The molecule has 9 heteroatoms. The van der Waals surface area contributed by atoms with Gasteiger partial charge >= 0.3 is 6.18 Å². The molecule has 3 N–H and O–H groups in total. The van der Waals surface area contributed by atoms with Crippen LogP contribution < -0.4 is 11.1 Å². The molecule has 0 spiro atoms. The highest BCUT2D eigenvalue weighted by atomic mass is 19.4. The second-order valence-electron chi connectivity index (χ2n) is 3.78. The van der Waals surface area contributed by atoms with Crippen molar-refractivity contribution in [2.45, 2.75) is 6.18 Å². The number of amides is 1. The average Bonchev–Trinajstić information content (AvgIpc) is 2.33. The Morgan fingerprint density at radius 1 is 1.25 bits per heavy atom. The van der Waals surface area contributed by atoms with E-state index in [2.05, 4.69) is 10.1 Å². The first-order chi connectivity index (χ1) is 9.20. The molecule has 0 aliphatic carbocycles. The number of carbonyl (C=O) groups is 1. The van der Waals surface area contributed by atoms with Crippen molar-refractivity contribution < 1.29 is 31.5 Å². The van der Waals surface area contributed by atoms with Crippen LogP contribution in [0.4, 0.5) is 27.6 Å². The molecular formula is C11H11F5N2O2. The summed E-state index contributed by atoms with van der Waals surface area (Å²) in [5.41, 5.74) is 3.98. The topological polar surface area (TPSA) is 64.4 Å². The molecule has 0 heterocycles. The number of benzene rings is 1. The molecule has 1 rings (SSSR count). The van der Waals surface area contributed by atoms with Crippen LogP contribution in [0.3, 0.4) is 0 Å². The Morgan fingerprint density at radius 3 is 2.30 bits per heavy atom. The molecular weight excluding hydrogens is 287 g/mol. The second kappa shape index (κ2) is 6.51. The molecule has 0 bridgehead atoms. The smallest absolute Gasteiger partial charge is 0.394 e. The Morgan fingerprint density at radius 2 is 1.80 bits per heavy atom. The summed E-state index contributed by atoms with van der Waals surface area (Å²) >= 11 is 0. The Balaban J connectivity index is 2.44. The first-order valence-electron chi connectivity index (χ1n) is 5.38. The van der Waals surface area contributed by atoms with Crippen LogP contribution >= 0.6 is 0 Å². The standard InChI is InChI=1S/C11H11F5N2O2/c12-7-3-6(4-8(13)9(7)17)10(19)18-1-2-20-5-11(14,15)16/h3-4H,1-2,5,17H2,(H,18,19). The van der Waals surface area contributed by atoms with Crippen LogP contribution in [-0.2, 0) is 4.74 Å². The molecule has 4 nitrogen and oxygen atoms in total. The van der Waals surface area contributed by atoms with E-state index in [0.29, 0.717) is 0 Å². The van der Waals surface area contributed by atoms with Crippen LogP contribution in [-0.4, -0.2) is 31.8 Å². The zero-order valence-corrected chi connectivity index (χ0v) is 10.1. The lowest BCUT2D eigenvalue weighted by molar-refractivity contribution is -0.173. The van der Waals surface area contributed by atoms with Gasteiger partial charge in [-0.3, -0.25) is 4.79 Å². The summed E-state index contributed by atoms with van der Waals surface area (Å²) < 4.78 is 65.6. The van der Waals surface area contributed by atoms with E-state index in [1.165, 1.54) is 0 Å². The van der Waals surface area contributed by atoms with Crippen molar-refractivity contribution in [3.63, 3.8) is 0 Å². The van der Waals surface area contributed by atoms with Crippen molar-refractivity contribution in [3.8, 4) is 0 Å². The lowest BCUT2D eigenvalue weighted by atomic mass is 10.1. The van der Waals surface area contributed by atoms with Gasteiger partial charge in [0.05, 0.1) is 6.61 Å². The fourth-order valence-corrected chi connectivity index (χ4v) is 1.24. The van der Waals surface area contributed by atoms with E-state index < -0.39 is 36.0 Å². The van der Waals surface area contributed by atoms with Crippen LogP contribution in [0.15, 0.2) is 12.1 Å². The first kappa shape index (κ1) is 16.2. The normalized spacial score (nSPS) is 11.4. The minimum atomic E-state index is -4.45. The third-order valence-electron chi connectivity index (χ3n) is 2.14. The minimum Gasteiger partial charge on any atom is -0.394 e. The number of carbonyl (C=O) groups excluding carboxylic acids is 1. The van der Waals surface area contributed by atoms with E-state index in [1.54, 1.807) is 0 Å². The summed E-state index contributed by atoms with van der Waals surface area (Å²) in [6.45, 7) is -2.05. The molecule has 1 aromatic carbocycles. The first-order valence-corrected chi connectivity index (χ1v) is 5.38. The SMILES string of the molecule is Nc1c(F)cc(C(=O)NCCOCC(F)(F)F)cc1F. The number of anilines is 1. The molecule has 0 atom stereocenters. The van der Waals surface area contributed by atoms with Gasteiger partial charge in [0.25, 0.3) is 5.91 Å². The van der Waals surface area contributed by atoms with Gasteiger partial charge in [0.1, 0.15) is 23.9 Å². The third-order valence-corrected chi connectivity index (χ3v) is 2.14. The predicted octanol–water partition coefficient (Wildman–Crippen LogP) is 1.86. The Labute approximate surface area is 110 Å². The molecule has 112 valence electrons. The van der Waals surface area contributed by atoms with Crippen LogP contribution in [0.2, 0.25) is 0 Å². The monoisotopic (exact) mass is 298 g/mol. The number of nitrogens with one attached hydrogen (secondary N) is 1. The Bertz CT molecular complexity index is 467. The van der Waals surface area contributed by atoms with Gasteiger partial charge in [-0.05, 0) is 12.1 Å². The van der Waals surface area contributed by atoms with Gasteiger partial charge in [-0.25, -0.2) is 8.78 Å². The summed E-state index contributed by atoms with van der Waals surface area (Å²) in [5.74, 6) is -3.04. The number of rotatable bonds is 5. The van der Waals surface area contributed by atoms with Gasteiger partial charge < -0.3 is 15.8 Å². The zero-order chi connectivity index (χ0) is 15.3. The lowest BCUT2D eigenvalue weighted by Gasteiger charge is -2.09. The van der Waals surface area contributed by atoms with Gasteiger partial charge in [0.15, 0.2) is 0 Å². The largest absolute Gasteiger partial charge is 0.411 e. The van der Waals surface area contributed by atoms with E-state index in [0.717, 1.165) is 12.1 Å². The highest BCUT2D eigenvalue weighted by Gasteiger charge is 2.27. The quantitative estimate of drug-likeness (QED) is 0.495. The molecule has 1 amide bonds. The Hall–Kier alpha value is -1.90. The number of nitrogens with two attached hydrogens (primary N) is 1. The average molecular weight is 298 g/mol. The molecule has 0 fully saturated rings. The maximum absolute atomic E-state index is 13.1. The fourth-order valence-electron chi connectivity index (χ4n) is 1.24. The molecule has 0 aromatic heterocycles. The highest BCUT2D eigenvalue weighted by Crippen LogP contribution is 2.17. The van der Waals surface area contributed by atoms with Crippen molar-refractivity contribution in [1.82, 2.24) is 5.32 Å². The van der Waals surface area contributed by atoms with Crippen LogP contribution in [0, 0.1) is 11.6 Å². The molecule has 0 aliphatic rings. The second-order valence-corrected chi connectivity index (χ2v) is 3.78. The molecule has 0 unspecified atom stereocenters. The molecule has 20 heavy (non-hydrogen) atoms. The summed E-state index contributed by atoms with van der Waals surface area (Å²) in [7, 11) is 0. The molecule has 0 aliphatic heterocycles. The van der Waals surface area contributed by atoms with Crippen molar-refractivity contribution in [2.75, 3.05) is 25.5 Å². The third kappa shape index (κ3) is 5.00. The van der Waals surface area contributed by atoms with Gasteiger partial charge in [-0.1, -0.05) is 0 Å².